The molecule has 1 aromatic heterocycles. The monoisotopic (exact) mass is 443 g/mol. The molecule has 1 unspecified atom stereocenters. The SMILES string of the molecule is C[C@]12CC[C@H]3[C@@H](CCC4C[C@@H](O)CC[C@@]43C)[C@@H]1CC[C@@H]2[C@](C)(O)CCc1ccc(F)nc1. The van der Waals surface area contributed by atoms with Crippen molar-refractivity contribution in [3.05, 3.63) is 29.8 Å². The molecule has 4 fully saturated rings. The Kier molecular flexibility index (Phi) is 5.73. The van der Waals surface area contributed by atoms with Gasteiger partial charge in [-0.15, -0.1) is 0 Å². The fraction of sp³-hybridized carbons (Fsp3) is 0.821. The van der Waals surface area contributed by atoms with Crippen LogP contribution in [0.4, 0.5) is 4.39 Å². The number of hydrogen-bond donors (Lipinski definition) is 2. The molecule has 2 N–H and O–H groups in total. The predicted octanol–water partition coefficient (Wildman–Crippen LogP) is 5.92. The predicted molar refractivity (Wildman–Crippen MR) is 124 cm³/mol. The van der Waals surface area contributed by atoms with Gasteiger partial charge in [0.25, 0.3) is 0 Å². The maximum absolute atomic E-state index is 13.2. The van der Waals surface area contributed by atoms with Crippen molar-refractivity contribution in [1.29, 1.82) is 0 Å². The van der Waals surface area contributed by atoms with Crippen LogP contribution in [0.15, 0.2) is 18.3 Å². The summed E-state index contributed by atoms with van der Waals surface area (Å²) in [5.41, 5.74) is 0.907. The van der Waals surface area contributed by atoms with Crippen LogP contribution in [0.3, 0.4) is 0 Å². The Hall–Kier alpha value is -1.00. The van der Waals surface area contributed by atoms with Crippen LogP contribution in [0.2, 0.25) is 0 Å². The van der Waals surface area contributed by atoms with E-state index in [4.69, 9.17) is 0 Å². The molecule has 0 amide bonds. The number of aliphatic hydroxyl groups is 2. The molecule has 3 nitrogen and oxygen atoms in total. The van der Waals surface area contributed by atoms with Crippen LogP contribution in [0.25, 0.3) is 0 Å². The Morgan fingerprint density at radius 2 is 1.78 bits per heavy atom. The topological polar surface area (TPSA) is 53.4 Å². The zero-order valence-electron chi connectivity index (χ0n) is 20.2. The molecule has 0 saturated heterocycles. The minimum Gasteiger partial charge on any atom is -0.393 e. The Balaban J connectivity index is 1.31. The number of rotatable bonds is 4. The lowest BCUT2D eigenvalue weighted by Gasteiger charge is -2.61. The van der Waals surface area contributed by atoms with E-state index >= 15 is 0 Å². The van der Waals surface area contributed by atoms with Gasteiger partial charge in [0.05, 0.1) is 11.7 Å². The number of fused-ring (bicyclic) bond motifs is 5. The molecule has 4 heteroatoms. The molecule has 4 aliphatic carbocycles. The van der Waals surface area contributed by atoms with Gasteiger partial charge in [0.15, 0.2) is 0 Å². The van der Waals surface area contributed by atoms with E-state index in [2.05, 4.69) is 25.8 Å². The zero-order chi connectivity index (χ0) is 22.7. The number of pyridine rings is 1. The third kappa shape index (κ3) is 3.64. The number of aryl methyl sites for hydroxylation is 1. The average Bonchev–Trinajstić information content (AvgIpc) is 3.12. The van der Waals surface area contributed by atoms with E-state index in [0.717, 1.165) is 49.0 Å². The summed E-state index contributed by atoms with van der Waals surface area (Å²) in [6, 6.07) is 3.21. The van der Waals surface area contributed by atoms with Crippen molar-refractivity contribution in [3.63, 3.8) is 0 Å². The molecule has 0 spiro atoms. The maximum Gasteiger partial charge on any atom is 0.212 e. The summed E-state index contributed by atoms with van der Waals surface area (Å²) in [7, 11) is 0. The largest absolute Gasteiger partial charge is 0.393 e. The number of hydrogen-bond acceptors (Lipinski definition) is 3. The van der Waals surface area contributed by atoms with Crippen molar-refractivity contribution in [2.24, 2.45) is 40.4 Å². The van der Waals surface area contributed by atoms with Gasteiger partial charge in [-0.2, -0.15) is 4.39 Å². The number of aliphatic hydroxyl groups excluding tert-OH is 1. The summed E-state index contributed by atoms with van der Waals surface area (Å²) in [4.78, 5) is 3.78. The zero-order valence-corrected chi connectivity index (χ0v) is 20.2. The summed E-state index contributed by atoms with van der Waals surface area (Å²) < 4.78 is 13.2. The van der Waals surface area contributed by atoms with Crippen LogP contribution in [0, 0.1) is 46.4 Å². The van der Waals surface area contributed by atoms with Crippen molar-refractivity contribution in [2.75, 3.05) is 0 Å². The van der Waals surface area contributed by atoms with E-state index in [1.807, 2.05) is 0 Å². The molecule has 1 aromatic rings. The second-order valence-corrected chi connectivity index (χ2v) is 12.6. The molecule has 1 heterocycles. The molecule has 0 bridgehead atoms. The Labute approximate surface area is 193 Å². The number of nitrogens with zero attached hydrogens (tertiary/aromatic N) is 1. The van der Waals surface area contributed by atoms with E-state index in [1.54, 1.807) is 12.3 Å². The van der Waals surface area contributed by atoms with E-state index in [-0.39, 0.29) is 11.5 Å². The van der Waals surface area contributed by atoms with Crippen molar-refractivity contribution in [1.82, 2.24) is 4.98 Å². The first-order valence-corrected chi connectivity index (χ1v) is 13.1. The Morgan fingerprint density at radius 1 is 1.03 bits per heavy atom. The second kappa shape index (κ2) is 8.05. The summed E-state index contributed by atoms with van der Waals surface area (Å²) in [6.07, 6.45) is 13.6. The van der Waals surface area contributed by atoms with E-state index in [0.29, 0.717) is 23.7 Å². The highest BCUT2D eigenvalue weighted by Gasteiger charge is 2.62. The molecular weight excluding hydrogens is 401 g/mol. The van der Waals surface area contributed by atoms with Crippen LogP contribution in [0.5, 0.6) is 0 Å². The maximum atomic E-state index is 13.2. The third-order valence-electron chi connectivity index (χ3n) is 11.1. The molecular formula is C28H42FNO2. The van der Waals surface area contributed by atoms with E-state index in [1.165, 1.54) is 44.6 Å². The first kappa shape index (κ1) is 22.8. The van der Waals surface area contributed by atoms with Crippen molar-refractivity contribution < 1.29 is 14.6 Å². The van der Waals surface area contributed by atoms with Crippen LogP contribution >= 0.6 is 0 Å². The molecule has 0 aromatic carbocycles. The minimum atomic E-state index is -0.708. The van der Waals surface area contributed by atoms with Crippen molar-refractivity contribution in [3.8, 4) is 0 Å². The van der Waals surface area contributed by atoms with Gasteiger partial charge >= 0.3 is 0 Å². The molecule has 4 saturated carbocycles. The molecule has 32 heavy (non-hydrogen) atoms. The fourth-order valence-corrected chi connectivity index (χ4v) is 9.38. The molecule has 0 radical (unpaired) electrons. The molecule has 178 valence electrons. The van der Waals surface area contributed by atoms with Crippen LogP contribution in [-0.2, 0) is 6.42 Å². The average molecular weight is 444 g/mol. The van der Waals surface area contributed by atoms with Gasteiger partial charge < -0.3 is 10.2 Å². The van der Waals surface area contributed by atoms with Crippen LogP contribution in [0.1, 0.15) is 90.5 Å². The summed E-state index contributed by atoms with van der Waals surface area (Å²) in [5.74, 6) is 2.87. The van der Waals surface area contributed by atoms with E-state index in [9.17, 15) is 14.6 Å². The van der Waals surface area contributed by atoms with Gasteiger partial charge in [-0.25, -0.2) is 4.98 Å². The van der Waals surface area contributed by atoms with Crippen molar-refractivity contribution in [2.45, 2.75) is 103 Å². The number of aromatic nitrogens is 1. The Bertz CT molecular complexity index is 825. The van der Waals surface area contributed by atoms with Gasteiger partial charge in [0.1, 0.15) is 0 Å². The first-order chi connectivity index (χ1) is 15.1. The third-order valence-corrected chi connectivity index (χ3v) is 11.1. The lowest BCUT2D eigenvalue weighted by atomic mass is 9.44. The van der Waals surface area contributed by atoms with Gasteiger partial charge in [-0.3, -0.25) is 0 Å². The smallest absolute Gasteiger partial charge is 0.212 e. The summed E-state index contributed by atoms with van der Waals surface area (Å²) in [5, 5.41) is 21.9. The molecule has 9 atom stereocenters. The summed E-state index contributed by atoms with van der Waals surface area (Å²) in [6.45, 7) is 7.08. The fourth-order valence-electron chi connectivity index (χ4n) is 9.38. The van der Waals surface area contributed by atoms with Gasteiger partial charge in [0, 0.05) is 6.20 Å². The normalized spacial score (nSPS) is 45.4. The molecule has 5 rings (SSSR count). The van der Waals surface area contributed by atoms with Crippen LogP contribution < -0.4 is 0 Å². The standard InChI is InChI=1S/C28H42FNO2/c1-26-13-11-20(31)16-19(26)5-6-21-22-7-8-24(27(22,2)14-12-23(21)26)28(3,32)15-10-18-4-9-25(29)30-17-18/h4,9,17,19-24,31-32H,5-8,10-16H2,1-3H3/t19?,20-,21-,22-,23-,24-,26-,27-,28+/m0/s1. The highest BCUT2D eigenvalue weighted by atomic mass is 19.1. The highest BCUT2D eigenvalue weighted by molar-refractivity contribution is 5.14. The number of halogens is 1. The second-order valence-electron chi connectivity index (χ2n) is 12.6. The van der Waals surface area contributed by atoms with Crippen LogP contribution in [-0.4, -0.2) is 26.9 Å². The first-order valence-electron chi connectivity index (χ1n) is 13.1. The minimum absolute atomic E-state index is 0.0826. The van der Waals surface area contributed by atoms with Gasteiger partial charge in [0.2, 0.25) is 5.95 Å². The summed E-state index contributed by atoms with van der Waals surface area (Å²) >= 11 is 0. The quantitative estimate of drug-likeness (QED) is 0.568. The molecule has 4 aliphatic rings. The Morgan fingerprint density at radius 3 is 2.53 bits per heavy atom. The molecule has 0 aliphatic heterocycles. The lowest BCUT2D eigenvalue weighted by molar-refractivity contribution is -0.144. The highest BCUT2D eigenvalue weighted by Crippen LogP contribution is 2.68. The van der Waals surface area contributed by atoms with E-state index < -0.39 is 11.5 Å². The van der Waals surface area contributed by atoms with Gasteiger partial charge in [-0.05, 0) is 130 Å². The van der Waals surface area contributed by atoms with Crippen molar-refractivity contribution >= 4 is 0 Å². The van der Waals surface area contributed by atoms with Gasteiger partial charge in [-0.1, -0.05) is 19.9 Å². The lowest BCUT2D eigenvalue weighted by Crippen LogP contribution is -2.55.